The predicted octanol–water partition coefficient (Wildman–Crippen LogP) is -0.154. The lowest BCUT2D eigenvalue weighted by molar-refractivity contribution is -0.145. The van der Waals surface area contributed by atoms with Crippen LogP contribution < -0.4 is 0 Å². The van der Waals surface area contributed by atoms with Crippen molar-refractivity contribution in [2.24, 2.45) is 5.41 Å². The van der Waals surface area contributed by atoms with E-state index in [-0.39, 0.29) is 26.4 Å². The van der Waals surface area contributed by atoms with Crippen molar-refractivity contribution in [2.75, 3.05) is 26.4 Å². The Morgan fingerprint density at radius 2 is 1.74 bits per heavy atom. The molecule has 0 bridgehead atoms. The molecular formula is C13H26O6. The Balaban J connectivity index is 0. The predicted molar refractivity (Wildman–Crippen MR) is 71.4 cm³/mol. The standard InChI is InChI=1S/C10H18O4.C3H8O2/c1-4-10(5-11,6-12)7-14-9(13)8(2)3;1-3(5)2-4/h11-12H,2,4-7H2,1,3H3;3-5H,2H2,1H3. The van der Waals surface area contributed by atoms with Gasteiger partial charge in [-0.3, -0.25) is 0 Å². The summed E-state index contributed by atoms with van der Waals surface area (Å²) in [6.45, 7) is 7.80. The fraction of sp³-hybridized carbons (Fsp3) is 0.769. The average molecular weight is 278 g/mol. The minimum absolute atomic E-state index is 0.0161. The van der Waals surface area contributed by atoms with Gasteiger partial charge in [-0.25, -0.2) is 4.79 Å². The molecule has 0 rings (SSSR count). The third-order valence-electron chi connectivity index (χ3n) is 2.54. The summed E-state index contributed by atoms with van der Waals surface area (Å²) in [4.78, 5) is 11.1. The lowest BCUT2D eigenvalue weighted by Crippen LogP contribution is -2.35. The zero-order chi connectivity index (χ0) is 15.5. The number of ether oxygens (including phenoxy) is 1. The van der Waals surface area contributed by atoms with E-state index in [9.17, 15) is 4.79 Å². The molecule has 0 saturated heterocycles. The molecule has 0 aliphatic heterocycles. The molecule has 6 heteroatoms. The number of hydrogen-bond donors (Lipinski definition) is 4. The van der Waals surface area contributed by atoms with Gasteiger partial charge in [0, 0.05) is 5.57 Å². The third kappa shape index (κ3) is 9.61. The topological polar surface area (TPSA) is 107 Å². The number of rotatable bonds is 7. The van der Waals surface area contributed by atoms with Gasteiger partial charge in [-0.1, -0.05) is 13.5 Å². The molecule has 114 valence electrons. The van der Waals surface area contributed by atoms with Crippen molar-refractivity contribution in [1.29, 1.82) is 0 Å². The summed E-state index contributed by atoms with van der Waals surface area (Å²) in [5.41, 5.74) is -0.420. The Bertz CT molecular complexity index is 250. The van der Waals surface area contributed by atoms with Crippen molar-refractivity contribution in [1.82, 2.24) is 0 Å². The molecule has 0 amide bonds. The highest BCUT2D eigenvalue weighted by Crippen LogP contribution is 2.21. The van der Waals surface area contributed by atoms with Crippen LogP contribution in [0.25, 0.3) is 0 Å². The van der Waals surface area contributed by atoms with Crippen molar-refractivity contribution in [3.05, 3.63) is 12.2 Å². The molecule has 0 aliphatic carbocycles. The fourth-order valence-corrected chi connectivity index (χ4v) is 0.809. The number of esters is 1. The maximum atomic E-state index is 11.1. The quantitative estimate of drug-likeness (QED) is 0.381. The van der Waals surface area contributed by atoms with Gasteiger partial charge in [0.1, 0.15) is 6.61 Å². The summed E-state index contributed by atoms with van der Waals surface area (Å²) in [5.74, 6) is -0.496. The first-order chi connectivity index (χ1) is 8.78. The zero-order valence-electron chi connectivity index (χ0n) is 11.9. The molecule has 0 aromatic carbocycles. The summed E-state index contributed by atoms with van der Waals surface area (Å²) in [6.07, 6.45) is -0.0151. The second-order valence-corrected chi connectivity index (χ2v) is 4.56. The minimum atomic E-state index is -0.731. The van der Waals surface area contributed by atoms with Crippen molar-refractivity contribution in [3.63, 3.8) is 0 Å². The van der Waals surface area contributed by atoms with Gasteiger partial charge in [-0.05, 0) is 20.3 Å². The Morgan fingerprint density at radius 1 is 1.32 bits per heavy atom. The second kappa shape index (κ2) is 10.9. The van der Waals surface area contributed by atoms with E-state index in [0.717, 1.165) is 0 Å². The molecule has 0 aromatic rings. The Kier molecular flexibility index (Phi) is 11.7. The number of carbonyl (C=O) groups is 1. The summed E-state index contributed by atoms with van der Waals surface area (Å²) >= 11 is 0. The number of carbonyl (C=O) groups excluding carboxylic acids is 1. The van der Waals surface area contributed by atoms with E-state index in [1.807, 2.05) is 6.92 Å². The van der Waals surface area contributed by atoms with E-state index < -0.39 is 17.5 Å². The fourth-order valence-electron chi connectivity index (χ4n) is 0.809. The first-order valence-corrected chi connectivity index (χ1v) is 6.11. The van der Waals surface area contributed by atoms with E-state index in [1.54, 1.807) is 6.92 Å². The van der Waals surface area contributed by atoms with E-state index in [4.69, 9.17) is 25.2 Å². The van der Waals surface area contributed by atoms with Gasteiger partial charge in [0.15, 0.2) is 0 Å². The van der Waals surface area contributed by atoms with Crippen LogP contribution in [0.4, 0.5) is 0 Å². The second-order valence-electron chi connectivity index (χ2n) is 4.56. The van der Waals surface area contributed by atoms with Crippen LogP contribution in [0.15, 0.2) is 12.2 Å². The molecule has 1 atom stereocenters. The highest BCUT2D eigenvalue weighted by atomic mass is 16.5. The first-order valence-electron chi connectivity index (χ1n) is 6.11. The van der Waals surface area contributed by atoms with Gasteiger partial charge in [-0.2, -0.15) is 0 Å². The van der Waals surface area contributed by atoms with Crippen LogP contribution >= 0.6 is 0 Å². The van der Waals surface area contributed by atoms with E-state index >= 15 is 0 Å². The van der Waals surface area contributed by atoms with Gasteiger partial charge in [0.2, 0.25) is 0 Å². The van der Waals surface area contributed by atoms with Gasteiger partial charge < -0.3 is 25.2 Å². The van der Waals surface area contributed by atoms with Crippen molar-refractivity contribution < 1.29 is 30.0 Å². The summed E-state index contributed by atoms with van der Waals surface area (Å²) in [6, 6.07) is 0. The lowest BCUT2D eigenvalue weighted by atomic mass is 9.88. The summed E-state index contributed by atoms with van der Waals surface area (Å²) in [5, 5.41) is 34.1. The van der Waals surface area contributed by atoms with Crippen LogP contribution in [-0.2, 0) is 9.53 Å². The zero-order valence-corrected chi connectivity index (χ0v) is 11.9. The van der Waals surface area contributed by atoms with Crippen molar-refractivity contribution in [3.8, 4) is 0 Å². The first kappa shape index (κ1) is 20.4. The monoisotopic (exact) mass is 278 g/mol. The van der Waals surface area contributed by atoms with Gasteiger partial charge in [0.05, 0.1) is 31.3 Å². The van der Waals surface area contributed by atoms with Gasteiger partial charge in [-0.15, -0.1) is 0 Å². The van der Waals surface area contributed by atoms with Crippen LogP contribution in [0.5, 0.6) is 0 Å². The molecule has 0 saturated carbocycles. The number of aliphatic hydroxyl groups excluding tert-OH is 4. The molecule has 19 heavy (non-hydrogen) atoms. The van der Waals surface area contributed by atoms with E-state index in [1.165, 1.54) is 6.92 Å². The lowest BCUT2D eigenvalue weighted by Gasteiger charge is -2.27. The maximum absolute atomic E-state index is 11.1. The van der Waals surface area contributed by atoms with Gasteiger partial charge in [0.25, 0.3) is 0 Å². The van der Waals surface area contributed by atoms with Crippen LogP contribution in [0.2, 0.25) is 0 Å². The number of hydrogen-bond acceptors (Lipinski definition) is 6. The van der Waals surface area contributed by atoms with Crippen molar-refractivity contribution >= 4 is 5.97 Å². The normalized spacial score (nSPS) is 12.2. The third-order valence-corrected chi connectivity index (χ3v) is 2.54. The molecular weight excluding hydrogens is 252 g/mol. The highest BCUT2D eigenvalue weighted by molar-refractivity contribution is 5.86. The minimum Gasteiger partial charge on any atom is -0.462 e. The summed E-state index contributed by atoms with van der Waals surface area (Å²) in [7, 11) is 0. The number of aliphatic hydroxyl groups is 4. The highest BCUT2D eigenvalue weighted by Gasteiger charge is 2.28. The van der Waals surface area contributed by atoms with Crippen LogP contribution in [0.3, 0.4) is 0 Å². The van der Waals surface area contributed by atoms with Gasteiger partial charge >= 0.3 is 5.97 Å². The molecule has 0 aliphatic rings. The Hall–Kier alpha value is -0.950. The molecule has 0 spiro atoms. The molecule has 4 N–H and O–H groups in total. The molecule has 6 nitrogen and oxygen atoms in total. The Morgan fingerprint density at radius 3 is 1.95 bits per heavy atom. The van der Waals surface area contributed by atoms with Crippen LogP contribution in [-0.4, -0.2) is 58.9 Å². The molecule has 0 aromatic heterocycles. The molecule has 0 radical (unpaired) electrons. The van der Waals surface area contributed by atoms with E-state index in [0.29, 0.717) is 12.0 Å². The average Bonchev–Trinajstić information content (AvgIpc) is 2.41. The molecule has 0 heterocycles. The van der Waals surface area contributed by atoms with Crippen LogP contribution in [0, 0.1) is 5.41 Å². The largest absolute Gasteiger partial charge is 0.462 e. The maximum Gasteiger partial charge on any atom is 0.333 e. The molecule has 0 fully saturated rings. The van der Waals surface area contributed by atoms with Crippen LogP contribution in [0.1, 0.15) is 27.2 Å². The Labute approximate surface area is 114 Å². The molecule has 1 unspecified atom stereocenters. The smallest absolute Gasteiger partial charge is 0.333 e. The van der Waals surface area contributed by atoms with E-state index in [2.05, 4.69) is 6.58 Å². The van der Waals surface area contributed by atoms with Crippen molar-refractivity contribution in [2.45, 2.75) is 33.3 Å². The SMILES string of the molecule is C=C(C)C(=O)OCC(CC)(CO)CO.CC(O)CO. The summed E-state index contributed by atoms with van der Waals surface area (Å²) < 4.78 is 4.88.